The summed E-state index contributed by atoms with van der Waals surface area (Å²) >= 11 is 0. The van der Waals surface area contributed by atoms with Crippen LogP contribution in [0.2, 0.25) is 0 Å². The third-order valence-electron chi connectivity index (χ3n) is 4.76. The molecule has 3 rings (SSSR count). The molecule has 1 N–H and O–H groups in total. The molecule has 102 valence electrons. The lowest BCUT2D eigenvalue weighted by Crippen LogP contribution is -2.30. The van der Waals surface area contributed by atoms with Crippen molar-refractivity contribution in [2.45, 2.75) is 45.6 Å². The van der Waals surface area contributed by atoms with Gasteiger partial charge in [-0.05, 0) is 62.1 Å². The Morgan fingerprint density at radius 1 is 1.37 bits per heavy atom. The Hall–Kier alpha value is -1.08. The summed E-state index contributed by atoms with van der Waals surface area (Å²) in [5, 5.41) is 3.69. The van der Waals surface area contributed by atoms with Gasteiger partial charge in [-0.3, -0.25) is 0 Å². The van der Waals surface area contributed by atoms with E-state index in [0.29, 0.717) is 6.04 Å². The Bertz CT molecular complexity index is 484. The van der Waals surface area contributed by atoms with Gasteiger partial charge in [-0.25, -0.2) is 0 Å². The molecule has 4 atom stereocenters. The fourth-order valence-corrected chi connectivity index (χ4v) is 4.01. The molecule has 4 unspecified atom stereocenters. The van der Waals surface area contributed by atoms with Crippen LogP contribution >= 0.6 is 0 Å². The first-order chi connectivity index (χ1) is 9.22. The molecule has 2 aliphatic rings. The normalized spacial score (nSPS) is 29.1. The molecule has 1 fully saturated rings. The van der Waals surface area contributed by atoms with E-state index in [0.717, 1.165) is 24.3 Å². The van der Waals surface area contributed by atoms with Crippen molar-refractivity contribution in [3.05, 3.63) is 47.0 Å². The van der Waals surface area contributed by atoms with Crippen LogP contribution in [-0.4, -0.2) is 12.6 Å². The van der Waals surface area contributed by atoms with Gasteiger partial charge in [0.15, 0.2) is 0 Å². The maximum atomic E-state index is 3.69. The lowest BCUT2D eigenvalue weighted by molar-refractivity contribution is 0.511. The summed E-state index contributed by atoms with van der Waals surface area (Å²) in [4.78, 5) is 0. The SMILES string of the molecule is CCNC(C=C(C)C)C1C2CCc3ccccc3C21. The highest BCUT2D eigenvalue weighted by atomic mass is 14.9. The van der Waals surface area contributed by atoms with Crippen LogP contribution in [0.3, 0.4) is 0 Å². The summed E-state index contributed by atoms with van der Waals surface area (Å²) in [6, 6.07) is 9.65. The molecule has 1 aromatic rings. The average molecular weight is 255 g/mol. The maximum absolute atomic E-state index is 3.69. The van der Waals surface area contributed by atoms with E-state index in [1.807, 2.05) is 0 Å². The van der Waals surface area contributed by atoms with Gasteiger partial charge in [0.1, 0.15) is 0 Å². The van der Waals surface area contributed by atoms with E-state index >= 15 is 0 Å². The van der Waals surface area contributed by atoms with E-state index in [1.165, 1.54) is 18.4 Å². The second kappa shape index (κ2) is 5.13. The van der Waals surface area contributed by atoms with Crippen LogP contribution in [0.5, 0.6) is 0 Å². The molecule has 0 amide bonds. The molecular formula is C18H25N. The number of aryl methyl sites for hydroxylation is 1. The number of hydrogen-bond acceptors (Lipinski definition) is 1. The molecular weight excluding hydrogens is 230 g/mol. The third-order valence-corrected chi connectivity index (χ3v) is 4.76. The van der Waals surface area contributed by atoms with Crippen molar-refractivity contribution in [3.8, 4) is 0 Å². The standard InChI is InChI=1S/C18H25N/c1-4-19-16(11-12(2)3)18-15-10-9-13-7-5-6-8-14(13)17(15)18/h5-8,11,15-19H,4,9-10H2,1-3H3. The van der Waals surface area contributed by atoms with E-state index in [9.17, 15) is 0 Å². The molecule has 0 aromatic heterocycles. The summed E-state index contributed by atoms with van der Waals surface area (Å²) in [7, 11) is 0. The molecule has 19 heavy (non-hydrogen) atoms. The van der Waals surface area contributed by atoms with Gasteiger partial charge in [0.05, 0.1) is 0 Å². The second-order valence-corrected chi connectivity index (χ2v) is 6.33. The van der Waals surface area contributed by atoms with Gasteiger partial charge in [0.25, 0.3) is 0 Å². The minimum absolute atomic E-state index is 0.566. The van der Waals surface area contributed by atoms with Crippen molar-refractivity contribution in [1.29, 1.82) is 0 Å². The van der Waals surface area contributed by atoms with Crippen molar-refractivity contribution in [2.75, 3.05) is 6.54 Å². The van der Waals surface area contributed by atoms with Crippen LogP contribution in [0.25, 0.3) is 0 Å². The summed E-state index contributed by atoms with van der Waals surface area (Å²) in [5.74, 6) is 2.54. The number of hydrogen-bond donors (Lipinski definition) is 1. The number of allylic oxidation sites excluding steroid dienone is 1. The molecule has 0 heterocycles. The summed E-state index contributed by atoms with van der Waals surface area (Å²) in [5.41, 5.74) is 4.66. The van der Waals surface area contributed by atoms with Crippen LogP contribution in [0.1, 0.15) is 44.2 Å². The van der Waals surface area contributed by atoms with Gasteiger partial charge >= 0.3 is 0 Å². The molecule has 0 saturated heterocycles. The molecule has 1 heteroatoms. The monoisotopic (exact) mass is 255 g/mol. The first kappa shape index (κ1) is 12.9. The predicted molar refractivity (Wildman–Crippen MR) is 81.4 cm³/mol. The summed E-state index contributed by atoms with van der Waals surface area (Å²) < 4.78 is 0. The van der Waals surface area contributed by atoms with Crippen LogP contribution < -0.4 is 5.32 Å². The van der Waals surface area contributed by atoms with Crippen molar-refractivity contribution < 1.29 is 0 Å². The van der Waals surface area contributed by atoms with Crippen LogP contribution in [-0.2, 0) is 6.42 Å². The molecule has 0 bridgehead atoms. The van der Waals surface area contributed by atoms with E-state index in [1.54, 1.807) is 11.1 Å². The number of benzene rings is 1. The Kier molecular flexibility index (Phi) is 3.49. The van der Waals surface area contributed by atoms with Crippen LogP contribution in [0.15, 0.2) is 35.9 Å². The first-order valence-corrected chi connectivity index (χ1v) is 7.68. The number of likely N-dealkylation sites (N-methyl/N-ethyl adjacent to an activating group) is 1. The zero-order valence-electron chi connectivity index (χ0n) is 12.3. The first-order valence-electron chi connectivity index (χ1n) is 7.68. The quantitative estimate of drug-likeness (QED) is 0.804. The lowest BCUT2D eigenvalue weighted by atomic mass is 9.92. The largest absolute Gasteiger partial charge is 0.310 e. The summed E-state index contributed by atoms with van der Waals surface area (Å²) in [6.45, 7) is 7.70. The van der Waals surface area contributed by atoms with Crippen molar-refractivity contribution in [2.24, 2.45) is 11.8 Å². The van der Waals surface area contributed by atoms with Gasteiger partial charge in [-0.1, -0.05) is 42.8 Å². The molecule has 1 saturated carbocycles. The zero-order valence-corrected chi connectivity index (χ0v) is 12.3. The zero-order chi connectivity index (χ0) is 13.4. The minimum Gasteiger partial charge on any atom is -0.310 e. The lowest BCUT2D eigenvalue weighted by Gasteiger charge is -2.15. The minimum atomic E-state index is 0.566. The number of nitrogens with one attached hydrogen (secondary N) is 1. The molecule has 1 nitrogen and oxygen atoms in total. The van der Waals surface area contributed by atoms with Crippen LogP contribution in [0, 0.1) is 11.8 Å². The highest BCUT2D eigenvalue weighted by Gasteiger charge is 2.55. The van der Waals surface area contributed by atoms with E-state index < -0.39 is 0 Å². The highest BCUT2D eigenvalue weighted by Crippen LogP contribution is 2.61. The van der Waals surface area contributed by atoms with E-state index in [-0.39, 0.29) is 0 Å². The molecule has 2 aliphatic carbocycles. The average Bonchev–Trinajstić information content (AvgIpc) is 3.12. The predicted octanol–water partition coefficient (Wildman–Crippen LogP) is 3.91. The Balaban J connectivity index is 1.84. The van der Waals surface area contributed by atoms with Crippen molar-refractivity contribution in [3.63, 3.8) is 0 Å². The molecule has 0 spiro atoms. The fourth-order valence-electron chi connectivity index (χ4n) is 4.01. The Morgan fingerprint density at radius 2 is 2.16 bits per heavy atom. The molecule has 1 aromatic carbocycles. The van der Waals surface area contributed by atoms with Gasteiger partial charge < -0.3 is 5.32 Å². The third kappa shape index (κ3) is 2.36. The van der Waals surface area contributed by atoms with Gasteiger partial charge in [-0.15, -0.1) is 0 Å². The topological polar surface area (TPSA) is 12.0 Å². The van der Waals surface area contributed by atoms with E-state index in [4.69, 9.17) is 0 Å². The van der Waals surface area contributed by atoms with Gasteiger partial charge in [0, 0.05) is 6.04 Å². The van der Waals surface area contributed by atoms with Crippen molar-refractivity contribution >= 4 is 0 Å². The number of rotatable bonds is 4. The van der Waals surface area contributed by atoms with Gasteiger partial charge in [0.2, 0.25) is 0 Å². The van der Waals surface area contributed by atoms with Crippen molar-refractivity contribution in [1.82, 2.24) is 5.32 Å². The summed E-state index contributed by atoms with van der Waals surface area (Å²) in [6.07, 6.45) is 5.10. The Morgan fingerprint density at radius 3 is 2.89 bits per heavy atom. The maximum Gasteiger partial charge on any atom is 0.0289 e. The fraction of sp³-hybridized carbons (Fsp3) is 0.556. The smallest absolute Gasteiger partial charge is 0.0289 e. The highest BCUT2D eigenvalue weighted by molar-refractivity contribution is 5.40. The number of fused-ring (bicyclic) bond motifs is 3. The molecule has 0 radical (unpaired) electrons. The Labute approximate surface area is 117 Å². The van der Waals surface area contributed by atoms with Crippen LogP contribution in [0.4, 0.5) is 0 Å². The molecule has 0 aliphatic heterocycles. The second-order valence-electron chi connectivity index (χ2n) is 6.33. The van der Waals surface area contributed by atoms with Gasteiger partial charge in [-0.2, -0.15) is 0 Å². The van der Waals surface area contributed by atoms with E-state index in [2.05, 4.69) is 56.4 Å².